The Morgan fingerprint density at radius 1 is 0.556 bits per heavy atom. The van der Waals surface area contributed by atoms with E-state index >= 15 is 0 Å². The molecule has 198 valence electrons. The van der Waals surface area contributed by atoms with Crippen LogP contribution in [0.3, 0.4) is 0 Å². The topological polar surface area (TPSA) is 12.0 Å². The summed E-state index contributed by atoms with van der Waals surface area (Å²) in [6, 6.07) is 17.9. The second kappa shape index (κ2) is 20.0. The van der Waals surface area contributed by atoms with Gasteiger partial charge in [-0.25, -0.2) is 0 Å². The molecule has 0 aliphatic rings. The lowest BCUT2D eigenvalue weighted by Crippen LogP contribution is -2.09. The van der Waals surface area contributed by atoms with E-state index in [0.29, 0.717) is 5.92 Å². The number of nitrogens with one attached hydrogen (secondary N) is 1. The molecule has 2 rings (SSSR count). The summed E-state index contributed by atoms with van der Waals surface area (Å²) < 4.78 is 0. The van der Waals surface area contributed by atoms with Crippen molar-refractivity contribution in [1.29, 1.82) is 0 Å². The maximum Gasteiger partial charge on any atom is -0.00519 e. The second-order valence-corrected chi connectivity index (χ2v) is 10.7. The molecule has 0 fully saturated rings. The Bertz CT molecular complexity index is 748. The van der Waals surface area contributed by atoms with Crippen molar-refractivity contribution in [1.82, 2.24) is 5.32 Å². The number of rotatable bonds is 22. The van der Waals surface area contributed by atoms with E-state index in [1.165, 1.54) is 119 Å². The minimum atomic E-state index is 0.701. The standard InChI is InChI=1S/C35H53N/c1-4-31-20-24-33(25-21-31)29-35(30-34-26-22-32(5-2)23-27-34)19-17-15-13-11-9-7-6-8-10-12-14-16-18-28-36-3/h4-5,20-27,35-36H,1-2,6-19,28-30H2,3H3. The molecule has 0 unspecified atom stereocenters. The quantitative estimate of drug-likeness (QED) is 0.163. The van der Waals surface area contributed by atoms with Gasteiger partial charge in [-0.3, -0.25) is 0 Å². The van der Waals surface area contributed by atoms with Crippen LogP contribution in [0.1, 0.15) is 112 Å². The average molecular weight is 488 g/mol. The fourth-order valence-electron chi connectivity index (χ4n) is 5.20. The van der Waals surface area contributed by atoms with Gasteiger partial charge >= 0.3 is 0 Å². The first kappa shape index (κ1) is 30.1. The van der Waals surface area contributed by atoms with Gasteiger partial charge in [0, 0.05) is 0 Å². The van der Waals surface area contributed by atoms with Crippen LogP contribution in [-0.4, -0.2) is 13.6 Å². The van der Waals surface area contributed by atoms with Crippen molar-refractivity contribution in [3.63, 3.8) is 0 Å². The molecule has 36 heavy (non-hydrogen) atoms. The summed E-state index contributed by atoms with van der Waals surface area (Å²) in [6.07, 6.45) is 25.8. The Balaban J connectivity index is 1.62. The third-order valence-corrected chi connectivity index (χ3v) is 7.52. The Hall–Kier alpha value is -2.12. The zero-order chi connectivity index (χ0) is 25.7. The van der Waals surface area contributed by atoms with E-state index in [9.17, 15) is 0 Å². The Labute approximate surface area is 223 Å². The van der Waals surface area contributed by atoms with Crippen molar-refractivity contribution in [3.8, 4) is 0 Å². The predicted molar refractivity (Wildman–Crippen MR) is 163 cm³/mol. The van der Waals surface area contributed by atoms with E-state index in [1.54, 1.807) is 0 Å². The van der Waals surface area contributed by atoms with Gasteiger partial charge in [0.15, 0.2) is 0 Å². The molecule has 0 saturated heterocycles. The summed E-state index contributed by atoms with van der Waals surface area (Å²) in [5.74, 6) is 0.701. The molecule has 1 N–H and O–H groups in total. The molecule has 0 spiro atoms. The van der Waals surface area contributed by atoms with Crippen LogP contribution in [0.15, 0.2) is 61.7 Å². The number of hydrogen-bond acceptors (Lipinski definition) is 1. The van der Waals surface area contributed by atoms with Crippen LogP contribution in [0.2, 0.25) is 0 Å². The molecule has 0 amide bonds. The predicted octanol–water partition coefficient (Wildman–Crippen LogP) is 10.1. The number of benzene rings is 2. The minimum Gasteiger partial charge on any atom is -0.320 e. The Morgan fingerprint density at radius 3 is 1.28 bits per heavy atom. The number of hydrogen-bond donors (Lipinski definition) is 1. The largest absolute Gasteiger partial charge is 0.320 e. The lowest BCUT2D eigenvalue weighted by atomic mass is 9.87. The van der Waals surface area contributed by atoms with Crippen molar-refractivity contribution in [2.24, 2.45) is 5.92 Å². The van der Waals surface area contributed by atoms with Gasteiger partial charge in [-0.15, -0.1) is 0 Å². The first-order valence-corrected chi connectivity index (χ1v) is 14.8. The SMILES string of the molecule is C=Cc1ccc(CC(CCCCCCCCCCCCCCCNC)Cc2ccc(C=C)cc2)cc1. The molecule has 0 atom stereocenters. The van der Waals surface area contributed by atoms with Crippen LogP contribution < -0.4 is 5.32 Å². The van der Waals surface area contributed by atoms with Crippen molar-refractivity contribution >= 4 is 12.2 Å². The summed E-state index contributed by atoms with van der Waals surface area (Å²) in [7, 11) is 2.05. The summed E-state index contributed by atoms with van der Waals surface area (Å²) in [5.41, 5.74) is 5.31. The van der Waals surface area contributed by atoms with Gasteiger partial charge in [0.1, 0.15) is 0 Å². The van der Waals surface area contributed by atoms with E-state index in [0.717, 1.165) is 12.8 Å². The summed E-state index contributed by atoms with van der Waals surface area (Å²) >= 11 is 0. The van der Waals surface area contributed by atoms with E-state index in [4.69, 9.17) is 0 Å². The van der Waals surface area contributed by atoms with Crippen LogP contribution in [0.25, 0.3) is 12.2 Å². The monoisotopic (exact) mass is 487 g/mol. The van der Waals surface area contributed by atoms with Gasteiger partial charge < -0.3 is 5.32 Å². The van der Waals surface area contributed by atoms with Crippen LogP contribution >= 0.6 is 0 Å². The Kier molecular flexibility index (Phi) is 16.7. The molecule has 2 aromatic carbocycles. The molecular formula is C35H53N. The van der Waals surface area contributed by atoms with Gasteiger partial charge in [-0.1, -0.05) is 151 Å². The van der Waals surface area contributed by atoms with E-state index in [2.05, 4.69) is 67.0 Å². The lowest BCUT2D eigenvalue weighted by Gasteiger charge is -2.18. The van der Waals surface area contributed by atoms with E-state index < -0.39 is 0 Å². The normalized spacial score (nSPS) is 11.2. The average Bonchev–Trinajstić information content (AvgIpc) is 2.91. The highest BCUT2D eigenvalue weighted by Crippen LogP contribution is 2.23. The fraction of sp³-hybridized carbons (Fsp3) is 0.543. The van der Waals surface area contributed by atoms with Gasteiger partial charge in [-0.2, -0.15) is 0 Å². The molecule has 1 heteroatoms. The van der Waals surface area contributed by atoms with Crippen LogP contribution in [0, 0.1) is 5.92 Å². The third-order valence-electron chi connectivity index (χ3n) is 7.52. The molecule has 0 aliphatic carbocycles. The molecule has 0 bridgehead atoms. The zero-order valence-corrected chi connectivity index (χ0v) is 23.3. The highest BCUT2D eigenvalue weighted by Gasteiger charge is 2.11. The van der Waals surface area contributed by atoms with Gasteiger partial charge in [-0.05, 0) is 67.4 Å². The van der Waals surface area contributed by atoms with Crippen molar-refractivity contribution in [2.75, 3.05) is 13.6 Å². The lowest BCUT2D eigenvalue weighted by molar-refractivity contribution is 0.444. The van der Waals surface area contributed by atoms with Crippen LogP contribution in [0.5, 0.6) is 0 Å². The molecule has 2 aromatic rings. The van der Waals surface area contributed by atoms with Gasteiger partial charge in [0.2, 0.25) is 0 Å². The first-order chi connectivity index (χ1) is 17.7. The minimum absolute atomic E-state index is 0.701. The maximum atomic E-state index is 3.89. The highest BCUT2D eigenvalue weighted by atomic mass is 14.8. The van der Waals surface area contributed by atoms with E-state index in [-0.39, 0.29) is 0 Å². The van der Waals surface area contributed by atoms with Crippen LogP contribution in [-0.2, 0) is 12.8 Å². The molecule has 0 saturated carbocycles. The van der Waals surface area contributed by atoms with Gasteiger partial charge in [0.25, 0.3) is 0 Å². The third kappa shape index (κ3) is 13.8. The van der Waals surface area contributed by atoms with Crippen LogP contribution in [0.4, 0.5) is 0 Å². The second-order valence-electron chi connectivity index (χ2n) is 10.7. The van der Waals surface area contributed by atoms with Crippen molar-refractivity contribution in [3.05, 3.63) is 83.9 Å². The zero-order valence-electron chi connectivity index (χ0n) is 23.3. The van der Waals surface area contributed by atoms with Gasteiger partial charge in [0.05, 0.1) is 0 Å². The van der Waals surface area contributed by atoms with E-state index in [1.807, 2.05) is 19.2 Å². The highest BCUT2D eigenvalue weighted by molar-refractivity contribution is 5.48. The molecular weight excluding hydrogens is 434 g/mol. The molecule has 0 radical (unpaired) electrons. The van der Waals surface area contributed by atoms with Crippen molar-refractivity contribution < 1.29 is 0 Å². The summed E-state index contributed by atoms with van der Waals surface area (Å²) in [5, 5.41) is 3.24. The molecule has 1 nitrogen and oxygen atoms in total. The number of unbranched alkanes of at least 4 members (excludes halogenated alkanes) is 12. The molecule has 0 aliphatic heterocycles. The molecule has 0 heterocycles. The summed E-state index contributed by atoms with van der Waals surface area (Å²) in [6.45, 7) is 8.95. The summed E-state index contributed by atoms with van der Waals surface area (Å²) in [4.78, 5) is 0. The molecule has 0 aromatic heterocycles. The maximum absolute atomic E-state index is 3.89. The Morgan fingerprint density at radius 2 is 0.917 bits per heavy atom. The smallest absolute Gasteiger partial charge is 0.00519 e. The first-order valence-electron chi connectivity index (χ1n) is 14.8. The fourth-order valence-corrected chi connectivity index (χ4v) is 5.20. The van der Waals surface area contributed by atoms with Crippen molar-refractivity contribution in [2.45, 2.75) is 103 Å².